The summed E-state index contributed by atoms with van der Waals surface area (Å²) < 4.78 is 10.1. The Morgan fingerprint density at radius 3 is 2.71 bits per heavy atom. The minimum absolute atomic E-state index is 0.251. The molecule has 1 fully saturated rings. The minimum Gasteiger partial charge on any atom is -0.383 e. The molecule has 1 aromatic rings. The Kier molecular flexibility index (Phi) is 6.56. The molecule has 0 spiro atoms. The third kappa shape index (κ3) is 4.67. The molecular formula is C16H22ClN3O4. The molecule has 24 heavy (non-hydrogen) atoms. The van der Waals surface area contributed by atoms with Gasteiger partial charge in [0.2, 0.25) is 5.91 Å². The van der Waals surface area contributed by atoms with Gasteiger partial charge in [-0.2, -0.15) is 0 Å². The topological polar surface area (TPSA) is 103 Å². The molecule has 4 N–H and O–H groups in total. The number of nitrogens with one attached hydrogen (secondary N) is 2. The Bertz CT molecular complexity index is 603. The highest BCUT2D eigenvalue weighted by Gasteiger charge is 2.35. The average Bonchev–Trinajstić information content (AvgIpc) is 2.55. The van der Waals surface area contributed by atoms with Crippen LogP contribution in [0.15, 0.2) is 18.2 Å². The first-order valence-electron chi connectivity index (χ1n) is 7.71. The molecule has 1 heterocycles. The van der Waals surface area contributed by atoms with Crippen molar-refractivity contribution in [1.29, 1.82) is 0 Å². The van der Waals surface area contributed by atoms with Gasteiger partial charge < -0.3 is 25.8 Å². The van der Waals surface area contributed by atoms with E-state index < -0.39 is 5.54 Å². The molecule has 0 saturated carbocycles. The number of methoxy groups -OCH3 is 1. The van der Waals surface area contributed by atoms with Crippen molar-refractivity contribution in [3.05, 3.63) is 28.8 Å². The SMILES string of the molecule is COCCNC(=O)c1ccc(NC(=O)C2(N)CCOCC2)cc1Cl. The molecule has 0 radical (unpaired) electrons. The van der Waals surface area contributed by atoms with Gasteiger partial charge in [0.25, 0.3) is 5.91 Å². The Morgan fingerprint density at radius 1 is 1.38 bits per heavy atom. The molecule has 1 aliphatic heterocycles. The first kappa shape index (κ1) is 18.7. The number of anilines is 1. The summed E-state index contributed by atoms with van der Waals surface area (Å²) in [5.74, 6) is -0.575. The Labute approximate surface area is 145 Å². The molecule has 0 bridgehead atoms. The average molecular weight is 356 g/mol. The maximum atomic E-state index is 12.4. The standard InChI is InChI=1S/C16H22ClN3O4/c1-23-9-6-19-14(21)12-3-2-11(10-13(12)17)20-15(22)16(18)4-7-24-8-5-16/h2-3,10H,4-9,18H2,1H3,(H,19,21)(H,20,22). The summed E-state index contributed by atoms with van der Waals surface area (Å²) >= 11 is 6.15. The molecule has 0 aliphatic carbocycles. The summed E-state index contributed by atoms with van der Waals surface area (Å²) in [5.41, 5.74) is 6.02. The van der Waals surface area contributed by atoms with Gasteiger partial charge in [0, 0.05) is 32.6 Å². The largest absolute Gasteiger partial charge is 0.383 e. The van der Waals surface area contributed by atoms with Crippen LogP contribution in [0, 0.1) is 0 Å². The van der Waals surface area contributed by atoms with Gasteiger partial charge in [-0.3, -0.25) is 9.59 Å². The molecule has 2 rings (SSSR count). The first-order valence-corrected chi connectivity index (χ1v) is 8.09. The highest BCUT2D eigenvalue weighted by Crippen LogP contribution is 2.24. The molecule has 7 nitrogen and oxygen atoms in total. The van der Waals surface area contributed by atoms with Gasteiger partial charge in [0.05, 0.1) is 17.2 Å². The highest BCUT2D eigenvalue weighted by atomic mass is 35.5. The fourth-order valence-corrected chi connectivity index (χ4v) is 2.62. The molecule has 0 aromatic heterocycles. The van der Waals surface area contributed by atoms with Crippen LogP contribution >= 0.6 is 11.6 Å². The zero-order valence-electron chi connectivity index (χ0n) is 13.6. The van der Waals surface area contributed by atoms with Crippen molar-refractivity contribution < 1.29 is 19.1 Å². The van der Waals surface area contributed by atoms with Crippen LogP contribution < -0.4 is 16.4 Å². The van der Waals surface area contributed by atoms with E-state index in [9.17, 15) is 9.59 Å². The van der Waals surface area contributed by atoms with Crippen molar-refractivity contribution in [2.45, 2.75) is 18.4 Å². The third-order valence-electron chi connectivity index (χ3n) is 3.90. The molecule has 0 atom stereocenters. The zero-order valence-corrected chi connectivity index (χ0v) is 14.3. The van der Waals surface area contributed by atoms with E-state index in [1.807, 2.05) is 0 Å². The van der Waals surface area contributed by atoms with Crippen molar-refractivity contribution in [2.75, 3.05) is 38.8 Å². The number of hydrogen-bond donors (Lipinski definition) is 3. The lowest BCUT2D eigenvalue weighted by molar-refractivity contribution is -0.124. The van der Waals surface area contributed by atoms with Gasteiger partial charge in [0.15, 0.2) is 0 Å². The van der Waals surface area contributed by atoms with Crippen LogP contribution in [0.4, 0.5) is 5.69 Å². The van der Waals surface area contributed by atoms with Gasteiger partial charge >= 0.3 is 0 Å². The normalized spacial score (nSPS) is 16.5. The molecule has 1 aromatic carbocycles. The molecule has 1 saturated heterocycles. The lowest BCUT2D eigenvalue weighted by Crippen LogP contribution is -2.54. The molecule has 0 unspecified atom stereocenters. The zero-order chi connectivity index (χ0) is 17.6. The van der Waals surface area contributed by atoms with Gasteiger partial charge in [0.1, 0.15) is 5.54 Å². The number of amides is 2. The minimum atomic E-state index is -0.944. The number of halogens is 1. The molecule has 8 heteroatoms. The summed E-state index contributed by atoms with van der Waals surface area (Å²) in [7, 11) is 1.55. The lowest BCUT2D eigenvalue weighted by atomic mass is 9.90. The van der Waals surface area contributed by atoms with E-state index >= 15 is 0 Å². The van der Waals surface area contributed by atoms with Crippen LogP contribution in [0.2, 0.25) is 5.02 Å². The number of carbonyl (C=O) groups excluding carboxylic acids is 2. The molecule has 1 aliphatic rings. The number of hydrogen-bond acceptors (Lipinski definition) is 5. The van der Waals surface area contributed by atoms with Gasteiger partial charge in [-0.25, -0.2) is 0 Å². The number of nitrogens with two attached hydrogens (primary N) is 1. The molecule has 132 valence electrons. The Hall–Kier alpha value is -1.67. The summed E-state index contributed by atoms with van der Waals surface area (Å²) in [6.45, 7) is 1.73. The van der Waals surface area contributed by atoms with E-state index in [4.69, 9.17) is 26.8 Å². The molecule has 2 amide bonds. The van der Waals surface area contributed by atoms with E-state index in [2.05, 4.69) is 10.6 Å². The van der Waals surface area contributed by atoms with Gasteiger partial charge in [-0.1, -0.05) is 11.6 Å². The smallest absolute Gasteiger partial charge is 0.252 e. The fraction of sp³-hybridized carbons (Fsp3) is 0.500. The monoisotopic (exact) mass is 355 g/mol. The van der Waals surface area contributed by atoms with Crippen LogP contribution in [0.5, 0.6) is 0 Å². The van der Waals surface area contributed by atoms with Crippen LogP contribution in [0.3, 0.4) is 0 Å². The van der Waals surface area contributed by atoms with E-state index in [1.54, 1.807) is 19.2 Å². The van der Waals surface area contributed by atoms with E-state index in [0.717, 1.165) is 0 Å². The van der Waals surface area contributed by atoms with Crippen LogP contribution in [-0.2, 0) is 14.3 Å². The summed E-state index contributed by atoms with van der Waals surface area (Å²) in [4.78, 5) is 24.4. The summed E-state index contributed by atoms with van der Waals surface area (Å²) in [6.07, 6.45) is 0.930. The Balaban J connectivity index is 2.01. The second-order valence-electron chi connectivity index (χ2n) is 5.67. The van der Waals surface area contributed by atoms with E-state index in [0.29, 0.717) is 50.5 Å². The van der Waals surface area contributed by atoms with Crippen molar-refractivity contribution in [1.82, 2.24) is 5.32 Å². The van der Waals surface area contributed by atoms with E-state index in [1.165, 1.54) is 6.07 Å². The number of benzene rings is 1. The molecular weight excluding hydrogens is 334 g/mol. The van der Waals surface area contributed by atoms with Crippen molar-refractivity contribution in [3.8, 4) is 0 Å². The first-order chi connectivity index (χ1) is 11.5. The van der Waals surface area contributed by atoms with Crippen molar-refractivity contribution in [2.24, 2.45) is 5.73 Å². The Morgan fingerprint density at radius 2 is 2.08 bits per heavy atom. The van der Waals surface area contributed by atoms with Crippen LogP contribution in [-0.4, -0.2) is 50.8 Å². The quantitative estimate of drug-likeness (QED) is 0.664. The highest BCUT2D eigenvalue weighted by molar-refractivity contribution is 6.34. The summed E-state index contributed by atoms with van der Waals surface area (Å²) in [5, 5.41) is 5.70. The fourth-order valence-electron chi connectivity index (χ4n) is 2.36. The van der Waals surface area contributed by atoms with Gasteiger partial charge in [-0.15, -0.1) is 0 Å². The number of ether oxygens (including phenoxy) is 2. The van der Waals surface area contributed by atoms with Crippen LogP contribution in [0.25, 0.3) is 0 Å². The second-order valence-corrected chi connectivity index (χ2v) is 6.07. The number of carbonyl (C=O) groups is 2. The third-order valence-corrected chi connectivity index (χ3v) is 4.21. The maximum Gasteiger partial charge on any atom is 0.252 e. The lowest BCUT2D eigenvalue weighted by Gasteiger charge is -2.31. The van der Waals surface area contributed by atoms with E-state index in [-0.39, 0.29) is 16.8 Å². The number of rotatable bonds is 6. The maximum absolute atomic E-state index is 12.4. The predicted molar refractivity (Wildman–Crippen MR) is 91.3 cm³/mol. The summed E-state index contributed by atoms with van der Waals surface area (Å²) in [6, 6.07) is 4.72. The van der Waals surface area contributed by atoms with Crippen LogP contribution in [0.1, 0.15) is 23.2 Å². The van der Waals surface area contributed by atoms with Crippen molar-refractivity contribution >= 4 is 29.1 Å². The predicted octanol–water partition coefficient (Wildman–Crippen LogP) is 1.16. The second kappa shape index (κ2) is 8.43. The van der Waals surface area contributed by atoms with Gasteiger partial charge in [-0.05, 0) is 31.0 Å². The van der Waals surface area contributed by atoms with Crippen molar-refractivity contribution in [3.63, 3.8) is 0 Å².